The van der Waals surface area contributed by atoms with E-state index >= 15 is 0 Å². The van der Waals surface area contributed by atoms with E-state index in [0.717, 1.165) is 59.4 Å². The molecule has 4 aromatic rings. The van der Waals surface area contributed by atoms with E-state index in [-0.39, 0.29) is 36.3 Å². The second kappa shape index (κ2) is 13.3. The number of benzene rings is 3. The van der Waals surface area contributed by atoms with Crippen molar-refractivity contribution in [3.63, 3.8) is 0 Å². The Balaban J connectivity index is 1.00. The number of para-hydroxylation sites is 1. The molecule has 5 fully saturated rings. The SMILES string of the molecule is CC1C(CSc2nnnn2-c2ccccc2)OC(c2cccc(NC(=O)NC34CC5CC(CC(C5)C3)C4)c2)OC1c1ccc(CO)cc1. The smallest absolute Gasteiger partial charge is 0.319 e. The number of ether oxygens (including phenoxy) is 2. The van der Waals surface area contributed by atoms with Crippen LogP contribution in [0.2, 0.25) is 0 Å². The predicted molar refractivity (Wildman–Crippen MR) is 182 cm³/mol. The van der Waals surface area contributed by atoms with Crippen molar-refractivity contribution in [2.24, 2.45) is 23.7 Å². The van der Waals surface area contributed by atoms with Crippen molar-refractivity contribution in [1.29, 1.82) is 0 Å². The Hall–Kier alpha value is -3.77. The van der Waals surface area contributed by atoms with Gasteiger partial charge in [0.15, 0.2) is 6.29 Å². The molecule has 2 heterocycles. The Morgan fingerprint density at radius 3 is 2.38 bits per heavy atom. The highest BCUT2D eigenvalue weighted by atomic mass is 32.2. The summed E-state index contributed by atoms with van der Waals surface area (Å²) < 4.78 is 15.1. The average molecular weight is 667 g/mol. The van der Waals surface area contributed by atoms with E-state index in [0.29, 0.717) is 16.6 Å². The van der Waals surface area contributed by atoms with Crippen molar-refractivity contribution in [2.45, 2.75) is 81.2 Å². The number of tetrazole rings is 1. The minimum atomic E-state index is -0.660. The summed E-state index contributed by atoms with van der Waals surface area (Å²) in [7, 11) is 0. The Labute approximate surface area is 285 Å². The molecule has 1 saturated heterocycles. The lowest BCUT2D eigenvalue weighted by Gasteiger charge is -2.56. The van der Waals surface area contributed by atoms with E-state index in [1.54, 1.807) is 16.4 Å². The largest absolute Gasteiger partial charge is 0.392 e. The van der Waals surface area contributed by atoms with Crippen molar-refractivity contribution in [1.82, 2.24) is 25.5 Å². The first-order chi connectivity index (χ1) is 23.4. The molecule has 0 radical (unpaired) electrons. The van der Waals surface area contributed by atoms with Crippen LogP contribution in [-0.4, -0.2) is 48.7 Å². The zero-order valence-electron chi connectivity index (χ0n) is 27.1. The van der Waals surface area contributed by atoms with Crippen LogP contribution in [0.4, 0.5) is 10.5 Å². The molecule has 4 unspecified atom stereocenters. The van der Waals surface area contributed by atoms with Crippen LogP contribution >= 0.6 is 11.8 Å². The van der Waals surface area contributed by atoms with Gasteiger partial charge in [-0.05, 0) is 102 Å². The number of amides is 2. The highest BCUT2D eigenvalue weighted by Gasteiger charge is 2.51. The van der Waals surface area contributed by atoms with Gasteiger partial charge >= 0.3 is 6.03 Å². The molecule has 3 aromatic carbocycles. The monoisotopic (exact) mass is 666 g/mol. The number of urea groups is 1. The van der Waals surface area contributed by atoms with E-state index in [1.165, 1.54) is 19.3 Å². The number of aromatic nitrogens is 4. The summed E-state index contributed by atoms with van der Waals surface area (Å²) in [6.07, 6.45) is 6.19. The van der Waals surface area contributed by atoms with Crippen LogP contribution in [0.15, 0.2) is 84.0 Å². The van der Waals surface area contributed by atoms with Gasteiger partial charge in [-0.1, -0.05) is 73.3 Å². The molecule has 2 amide bonds. The molecule has 4 aliphatic carbocycles. The summed E-state index contributed by atoms with van der Waals surface area (Å²) in [6.45, 7) is 2.12. The molecular formula is C37H42N6O4S. The zero-order chi connectivity index (χ0) is 32.7. The van der Waals surface area contributed by atoms with Crippen LogP contribution in [0.1, 0.15) is 74.5 Å². The topological polar surface area (TPSA) is 123 Å². The van der Waals surface area contributed by atoms with Gasteiger partial charge in [0, 0.05) is 28.5 Å². The minimum absolute atomic E-state index is 0.00199. The molecule has 5 aliphatic rings. The van der Waals surface area contributed by atoms with Crippen molar-refractivity contribution < 1.29 is 19.4 Å². The maximum Gasteiger partial charge on any atom is 0.319 e. The molecule has 11 heteroatoms. The summed E-state index contributed by atoms with van der Waals surface area (Å²) in [4.78, 5) is 13.4. The number of carbonyl (C=O) groups excluding carboxylic acids is 1. The Bertz CT molecular complexity index is 1700. The van der Waals surface area contributed by atoms with Gasteiger partial charge in [0.25, 0.3) is 0 Å². The number of anilines is 1. The number of hydrogen-bond donors (Lipinski definition) is 3. The van der Waals surface area contributed by atoms with Gasteiger partial charge in [0.1, 0.15) is 0 Å². The first kappa shape index (κ1) is 31.5. The van der Waals surface area contributed by atoms with Gasteiger partial charge in [-0.2, -0.15) is 4.68 Å². The molecule has 9 rings (SSSR count). The van der Waals surface area contributed by atoms with Gasteiger partial charge in [-0.25, -0.2) is 4.79 Å². The third-order valence-electron chi connectivity index (χ3n) is 10.8. The average Bonchev–Trinajstić information content (AvgIpc) is 3.56. The molecule has 1 aromatic heterocycles. The quantitative estimate of drug-likeness (QED) is 0.166. The van der Waals surface area contributed by atoms with Crippen molar-refractivity contribution >= 4 is 23.5 Å². The van der Waals surface area contributed by atoms with Gasteiger partial charge in [0.2, 0.25) is 5.16 Å². The molecule has 1 aliphatic heterocycles. The number of aliphatic hydroxyl groups is 1. The first-order valence-electron chi connectivity index (χ1n) is 17.1. The van der Waals surface area contributed by atoms with E-state index in [4.69, 9.17) is 9.47 Å². The highest BCUT2D eigenvalue weighted by molar-refractivity contribution is 7.99. The number of nitrogens with one attached hydrogen (secondary N) is 2. The molecule has 4 saturated carbocycles. The fourth-order valence-electron chi connectivity index (χ4n) is 8.90. The molecule has 10 nitrogen and oxygen atoms in total. The van der Waals surface area contributed by atoms with E-state index in [2.05, 4.69) is 33.1 Å². The van der Waals surface area contributed by atoms with Crippen molar-refractivity contribution in [2.75, 3.05) is 11.1 Å². The molecule has 0 spiro atoms. The lowest BCUT2D eigenvalue weighted by Crippen LogP contribution is -2.60. The Morgan fingerprint density at radius 2 is 1.67 bits per heavy atom. The summed E-state index contributed by atoms with van der Waals surface area (Å²) in [5, 5.41) is 29.3. The number of hydrogen-bond acceptors (Lipinski definition) is 8. The van der Waals surface area contributed by atoms with Gasteiger partial charge < -0.3 is 25.2 Å². The highest BCUT2D eigenvalue weighted by Crippen LogP contribution is 2.55. The first-order valence-corrected chi connectivity index (χ1v) is 18.1. The Kier molecular flexibility index (Phi) is 8.71. The fraction of sp³-hybridized carbons (Fsp3) is 0.459. The van der Waals surface area contributed by atoms with Crippen LogP contribution < -0.4 is 10.6 Å². The fourth-order valence-corrected chi connectivity index (χ4v) is 9.95. The molecule has 4 atom stereocenters. The van der Waals surface area contributed by atoms with Gasteiger partial charge in [0.05, 0.1) is 24.5 Å². The number of rotatable bonds is 9. The second-order valence-corrected chi connectivity index (χ2v) is 15.2. The number of carbonyl (C=O) groups is 1. The summed E-state index contributed by atoms with van der Waals surface area (Å²) in [5.41, 5.74) is 4.23. The summed E-state index contributed by atoms with van der Waals surface area (Å²) >= 11 is 1.55. The third-order valence-corrected chi connectivity index (χ3v) is 11.8. The number of nitrogens with zero attached hydrogens (tertiary/aromatic N) is 4. The van der Waals surface area contributed by atoms with Crippen molar-refractivity contribution in [3.8, 4) is 5.69 Å². The van der Waals surface area contributed by atoms with E-state index < -0.39 is 6.29 Å². The normalized spacial score (nSPS) is 30.7. The molecule has 3 N–H and O–H groups in total. The molecule has 48 heavy (non-hydrogen) atoms. The zero-order valence-corrected chi connectivity index (χ0v) is 27.9. The minimum Gasteiger partial charge on any atom is -0.392 e. The second-order valence-electron chi connectivity index (χ2n) is 14.2. The lowest BCUT2D eigenvalue weighted by atomic mass is 9.53. The predicted octanol–water partition coefficient (Wildman–Crippen LogP) is 6.83. The van der Waals surface area contributed by atoms with Crippen LogP contribution in [0.3, 0.4) is 0 Å². The van der Waals surface area contributed by atoms with Crippen LogP contribution in [0.5, 0.6) is 0 Å². The van der Waals surface area contributed by atoms with Crippen LogP contribution in [-0.2, 0) is 16.1 Å². The maximum absolute atomic E-state index is 13.4. The van der Waals surface area contributed by atoms with Crippen molar-refractivity contribution in [3.05, 3.63) is 95.6 Å². The number of aliphatic hydroxyl groups excluding tert-OH is 1. The van der Waals surface area contributed by atoms with E-state index in [9.17, 15) is 9.90 Å². The third kappa shape index (κ3) is 6.48. The molecule has 4 bridgehead atoms. The summed E-state index contributed by atoms with van der Waals surface area (Å²) in [6, 6.07) is 25.4. The Morgan fingerprint density at radius 1 is 0.938 bits per heavy atom. The van der Waals surface area contributed by atoms with Gasteiger partial charge in [-0.15, -0.1) is 5.10 Å². The van der Waals surface area contributed by atoms with E-state index in [1.807, 2.05) is 78.9 Å². The summed E-state index contributed by atoms with van der Waals surface area (Å²) in [5.74, 6) is 2.88. The number of thioether (sulfide) groups is 1. The standard InChI is InChI=1S/C37H42N6O4S/c1-23-32(22-48-36-40-41-42-43(36)31-8-3-2-4-9-31)46-34(47-33(23)28-12-10-24(21-44)11-13-28)29-6-5-7-30(17-29)38-35(45)39-37-18-25-14-26(19-37)16-27(15-25)20-37/h2-13,17,23,25-27,32-34,44H,14-16,18-22H2,1H3,(H2,38,39,45). The molecule has 250 valence electrons. The van der Waals surface area contributed by atoms with Gasteiger partial charge in [-0.3, -0.25) is 0 Å². The lowest BCUT2D eigenvalue weighted by molar-refractivity contribution is -0.268. The molecular weight excluding hydrogens is 625 g/mol. The van der Waals surface area contributed by atoms with Crippen LogP contribution in [0, 0.1) is 23.7 Å². The van der Waals surface area contributed by atoms with Crippen LogP contribution in [0.25, 0.3) is 5.69 Å². The maximum atomic E-state index is 13.4.